The number of carbonyl (C=O) groups is 3. The van der Waals surface area contributed by atoms with Crippen LogP contribution in [-0.4, -0.2) is 80.6 Å². The van der Waals surface area contributed by atoms with Crippen molar-refractivity contribution in [2.24, 2.45) is 0 Å². The average molecular weight is 839 g/mol. The highest BCUT2D eigenvalue weighted by molar-refractivity contribution is 5.72. The maximum Gasteiger partial charge on any atom is 0.362 e. The van der Waals surface area contributed by atoms with Gasteiger partial charge in [0, 0.05) is 19.3 Å². The summed E-state index contributed by atoms with van der Waals surface area (Å²) in [4.78, 5) is 37.0. The van der Waals surface area contributed by atoms with E-state index in [0.717, 1.165) is 57.8 Å². The number of carbonyl (C=O) groups excluding carboxylic acids is 2. The van der Waals surface area contributed by atoms with Crippen LogP contribution in [0.1, 0.15) is 174 Å². The Kier molecular flexibility index (Phi) is 39.8. The minimum Gasteiger partial charge on any atom is -0.477 e. The Labute approximate surface area is 367 Å². The topological polar surface area (TPSA) is 99.1 Å². The predicted octanol–water partition coefficient (Wildman–Crippen LogP) is 13.3. The van der Waals surface area contributed by atoms with Crippen LogP contribution in [0.5, 0.6) is 0 Å². The predicted molar refractivity (Wildman–Crippen MR) is 252 cm³/mol. The second kappa shape index (κ2) is 42.2. The maximum absolute atomic E-state index is 12.7. The van der Waals surface area contributed by atoms with Crippen LogP contribution in [0.3, 0.4) is 0 Å². The summed E-state index contributed by atoms with van der Waals surface area (Å²) in [7, 11) is 5.50. The molecule has 8 nitrogen and oxygen atoms in total. The molecule has 0 saturated heterocycles. The molecule has 0 fully saturated rings. The summed E-state index contributed by atoms with van der Waals surface area (Å²) in [6.07, 6.45) is 55.0. The average Bonchev–Trinajstić information content (AvgIpc) is 3.21. The molecule has 2 atom stereocenters. The fourth-order valence-electron chi connectivity index (χ4n) is 6.41. The number of nitrogens with zero attached hydrogens (tertiary/aromatic N) is 1. The number of carboxylic acid groups (broad SMARTS) is 1. The Hall–Kier alpha value is -3.49. The number of likely N-dealkylation sites (N-methyl/N-ethyl adjacent to an activating group) is 1. The van der Waals surface area contributed by atoms with Gasteiger partial charge in [-0.15, -0.1) is 0 Å². The summed E-state index contributed by atoms with van der Waals surface area (Å²) >= 11 is 0. The lowest BCUT2D eigenvalue weighted by Gasteiger charge is -2.31. The molecule has 342 valence electrons. The lowest BCUT2D eigenvalue weighted by Crippen LogP contribution is -2.50. The van der Waals surface area contributed by atoms with Gasteiger partial charge in [-0.05, 0) is 77.0 Å². The van der Waals surface area contributed by atoms with E-state index in [1.54, 1.807) is 0 Å². The van der Waals surface area contributed by atoms with Crippen molar-refractivity contribution >= 4 is 17.9 Å². The van der Waals surface area contributed by atoms with Gasteiger partial charge in [-0.3, -0.25) is 9.59 Å². The lowest BCUT2D eigenvalue weighted by molar-refractivity contribution is -0.887. The minimum absolute atomic E-state index is 0.0251. The van der Waals surface area contributed by atoms with E-state index in [1.807, 2.05) is 33.3 Å². The number of aliphatic carboxylic acids is 1. The summed E-state index contributed by atoms with van der Waals surface area (Å²) in [6, 6.07) is -0.632. The fraction of sp³-hybridized carbons (Fsp3) is 0.673. The van der Waals surface area contributed by atoms with Gasteiger partial charge >= 0.3 is 17.9 Å². The molecular weight excluding hydrogens is 751 g/mol. The number of ether oxygens (including phenoxy) is 3. The van der Waals surface area contributed by atoms with Crippen LogP contribution in [-0.2, 0) is 28.6 Å². The summed E-state index contributed by atoms with van der Waals surface area (Å²) in [6.45, 7) is 4.53. The normalized spacial score (nSPS) is 13.7. The monoisotopic (exact) mass is 839 g/mol. The van der Waals surface area contributed by atoms with E-state index in [4.69, 9.17) is 14.2 Å². The molecule has 0 heterocycles. The fourth-order valence-corrected chi connectivity index (χ4v) is 6.41. The minimum atomic E-state index is -0.890. The van der Waals surface area contributed by atoms with E-state index < -0.39 is 24.1 Å². The largest absolute Gasteiger partial charge is 0.477 e. The summed E-state index contributed by atoms with van der Waals surface area (Å²) in [5.41, 5.74) is 0. The third-order valence-electron chi connectivity index (χ3n) is 10.0. The number of allylic oxidation sites excluding steroid dienone is 14. The van der Waals surface area contributed by atoms with Gasteiger partial charge < -0.3 is 23.8 Å². The van der Waals surface area contributed by atoms with E-state index >= 15 is 0 Å². The van der Waals surface area contributed by atoms with Crippen LogP contribution in [0.2, 0.25) is 0 Å². The Bertz CT molecular complexity index is 1250. The zero-order valence-corrected chi connectivity index (χ0v) is 38.9. The Morgan fingerprint density at radius 1 is 0.517 bits per heavy atom. The van der Waals surface area contributed by atoms with Crippen LogP contribution < -0.4 is 0 Å². The second-order valence-corrected chi connectivity index (χ2v) is 16.6. The zero-order chi connectivity index (χ0) is 44.2. The molecule has 1 N–H and O–H groups in total. The SMILES string of the molecule is CC/C=C/C/C=C/C/C=C/C/C=C/C/C=C/C/C=C/CCC(=O)OC(COCCC(C(=O)O)[N+](C)(C)C)COC(=O)CCCCCCCCC/C=C/CCCCCCCC. The second-order valence-electron chi connectivity index (χ2n) is 16.6. The van der Waals surface area contributed by atoms with E-state index in [1.165, 1.54) is 77.0 Å². The highest BCUT2D eigenvalue weighted by Gasteiger charge is 2.31. The van der Waals surface area contributed by atoms with Gasteiger partial charge in [0.25, 0.3) is 0 Å². The van der Waals surface area contributed by atoms with Crippen molar-refractivity contribution in [3.8, 4) is 0 Å². The molecule has 0 radical (unpaired) electrons. The van der Waals surface area contributed by atoms with Crippen molar-refractivity contribution in [2.45, 2.75) is 187 Å². The molecule has 0 aliphatic rings. The third-order valence-corrected chi connectivity index (χ3v) is 10.0. The van der Waals surface area contributed by atoms with Gasteiger partial charge in [0.1, 0.15) is 6.61 Å². The molecule has 60 heavy (non-hydrogen) atoms. The Balaban J connectivity index is 4.45. The first-order valence-electron chi connectivity index (χ1n) is 23.6. The molecule has 0 aliphatic carbocycles. The van der Waals surface area contributed by atoms with Crippen molar-refractivity contribution in [2.75, 3.05) is 41.0 Å². The molecule has 8 heteroatoms. The zero-order valence-electron chi connectivity index (χ0n) is 38.9. The number of quaternary nitrogens is 1. The quantitative estimate of drug-likeness (QED) is 0.0283. The first kappa shape index (κ1) is 56.5. The van der Waals surface area contributed by atoms with Crippen LogP contribution in [0, 0.1) is 0 Å². The number of esters is 2. The van der Waals surface area contributed by atoms with E-state index in [-0.39, 0.29) is 36.7 Å². The van der Waals surface area contributed by atoms with Gasteiger partial charge in [-0.25, -0.2) is 4.79 Å². The molecule has 0 bridgehead atoms. The van der Waals surface area contributed by atoms with Crippen LogP contribution >= 0.6 is 0 Å². The van der Waals surface area contributed by atoms with Crippen LogP contribution in [0.15, 0.2) is 85.1 Å². The van der Waals surface area contributed by atoms with Crippen molar-refractivity contribution in [3.05, 3.63) is 85.1 Å². The van der Waals surface area contributed by atoms with E-state index in [9.17, 15) is 19.5 Å². The van der Waals surface area contributed by atoms with Gasteiger partial charge in [-0.2, -0.15) is 0 Å². The lowest BCUT2D eigenvalue weighted by atomic mass is 10.1. The molecular formula is C52H88NO7+. The molecule has 0 saturated carbocycles. The number of carboxylic acids is 1. The first-order valence-corrected chi connectivity index (χ1v) is 23.6. The van der Waals surface area contributed by atoms with Crippen molar-refractivity contribution < 1.29 is 38.2 Å². The molecule has 0 aromatic heterocycles. The number of unbranched alkanes of at least 4 members (excludes halogenated alkanes) is 13. The highest BCUT2D eigenvalue weighted by atomic mass is 16.6. The smallest absolute Gasteiger partial charge is 0.362 e. The standard InChI is InChI=1S/C52H87NO7/c1-6-8-10-12-14-16-18-20-22-24-25-27-29-31-33-35-37-39-41-43-51(55)60-48(46-58-45-44-49(52(56)57)53(3,4)5)47-59-50(54)42-40-38-36-34-32-30-28-26-23-21-19-17-15-13-11-9-7-2/h8,10,14,16,20-23,25,27,31,33,37,39,48-49H,6-7,9,11-13,15,17-19,24,26,28-30,32,34-36,38,40-47H2,1-5H3/p+1/b10-8+,16-14+,22-20+,23-21+,27-25+,33-31+,39-37+. The molecule has 0 aliphatic heterocycles. The molecule has 0 aromatic rings. The molecule has 0 spiro atoms. The number of rotatable bonds is 41. The Morgan fingerprint density at radius 3 is 1.45 bits per heavy atom. The summed E-state index contributed by atoms with van der Waals surface area (Å²) < 4.78 is 17.2. The summed E-state index contributed by atoms with van der Waals surface area (Å²) in [5.74, 6) is -1.59. The Morgan fingerprint density at radius 2 is 0.967 bits per heavy atom. The van der Waals surface area contributed by atoms with E-state index in [0.29, 0.717) is 19.3 Å². The molecule has 2 unspecified atom stereocenters. The maximum atomic E-state index is 12.7. The number of hydrogen-bond donors (Lipinski definition) is 1. The van der Waals surface area contributed by atoms with Gasteiger partial charge in [0.15, 0.2) is 12.1 Å². The third kappa shape index (κ3) is 39.9. The van der Waals surface area contributed by atoms with Crippen LogP contribution in [0.4, 0.5) is 0 Å². The molecule has 0 amide bonds. The van der Waals surface area contributed by atoms with E-state index in [2.05, 4.69) is 86.8 Å². The first-order chi connectivity index (χ1) is 29.1. The molecule has 0 aromatic carbocycles. The van der Waals surface area contributed by atoms with Gasteiger partial charge in [-0.1, -0.05) is 163 Å². The van der Waals surface area contributed by atoms with Crippen molar-refractivity contribution in [1.29, 1.82) is 0 Å². The number of hydrogen-bond acceptors (Lipinski definition) is 6. The van der Waals surface area contributed by atoms with Crippen molar-refractivity contribution in [3.63, 3.8) is 0 Å². The van der Waals surface area contributed by atoms with Gasteiger partial charge in [0.2, 0.25) is 0 Å². The highest BCUT2D eigenvalue weighted by Crippen LogP contribution is 2.13. The van der Waals surface area contributed by atoms with Gasteiger partial charge in [0.05, 0.1) is 34.4 Å². The summed E-state index contributed by atoms with van der Waals surface area (Å²) in [5, 5.41) is 9.63. The van der Waals surface area contributed by atoms with Crippen LogP contribution in [0.25, 0.3) is 0 Å². The van der Waals surface area contributed by atoms with Crippen molar-refractivity contribution in [1.82, 2.24) is 0 Å². The molecule has 0 rings (SSSR count).